The summed E-state index contributed by atoms with van der Waals surface area (Å²) in [6, 6.07) is 3.62. The fourth-order valence-electron chi connectivity index (χ4n) is 8.18. The normalized spacial score (nSPS) is 20.4. The molecule has 3 N–H and O–H groups in total. The molecule has 0 saturated carbocycles. The van der Waals surface area contributed by atoms with Crippen molar-refractivity contribution in [2.45, 2.75) is 119 Å². The summed E-state index contributed by atoms with van der Waals surface area (Å²) in [6.45, 7) is 12.0. The first-order valence-corrected chi connectivity index (χ1v) is 19.6. The van der Waals surface area contributed by atoms with E-state index in [2.05, 4.69) is 10.3 Å². The maximum absolute atomic E-state index is 13.3. The molecule has 0 fully saturated rings. The molecule has 0 spiro atoms. The van der Waals surface area contributed by atoms with Crippen LogP contribution < -0.4 is 30.2 Å². The van der Waals surface area contributed by atoms with Crippen LogP contribution in [0.5, 0.6) is 11.5 Å². The second-order valence-corrected chi connectivity index (χ2v) is 18.0. The molecule has 0 saturated heterocycles. The van der Waals surface area contributed by atoms with Gasteiger partial charge in [-0.1, -0.05) is 13.8 Å². The third kappa shape index (κ3) is 6.44. The summed E-state index contributed by atoms with van der Waals surface area (Å²) < 4.78 is 89.9. The molecule has 3 aliphatic rings. The molecule has 0 amide bonds. The van der Waals surface area contributed by atoms with E-state index in [1.807, 2.05) is 69.0 Å². The van der Waals surface area contributed by atoms with Gasteiger partial charge in [-0.3, -0.25) is 4.79 Å². The largest absolute Gasteiger partial charge is 0.744 e. The predicted molar refractivity (Wildman–Crippen MR) is 179 cm³/mol. The SMILES string of the molecule is CC1CC(C)(C)Nc2c1cc1c(c2S(=O)(=O)[O-])Oc2c(S(=O)(=O)[O-])c3c(cc2=C1c1n(CCCCCC(=O)O)cc[n+]1C)C(C)CC(C)(C)[NH+]=3. The Hall–Kier alpha value is -3.79. The van der Waals surface area contributed by atoms with Gasteiger partial charge in [0.25, 0.3) is 5.82 Å². The maximum Gasteiger partial charge on any atom is 0.303 e. The summed E-state index contributed by atoms with van der Waals surface area (Å²) in [5.41, 5.74) is 0.816. The van der Waals surface area contributed by atoms with Crippen molar-refractivity contribution in [3.05, 3.63) is 57.6 Å². The zero-order valence-corrected chi connectivity index (χ0v) is 31.0. The van der Waals surface area contributed by atoms with Gasteiger partial charge in [0.2, 0.25) is 5.36 Å². The number of nitrogens with one attached hydrogen (secondary N) is 2. The Labute approximate surface area is 292 Å². The number of ether oxygens (including phenoxy) is 1. The van der Waals surface area contributed by atoms with Crippen LogP contribution in [0.1, 0.15) is 114 Å². The van der Waals surface area contributed by atoms with Gasteiger partial charge < -0.3 is 24.3 Å². The number of rotatable bonds is 9. The van der Waals surface area contributed by atoms with Gasteiger partial charge >= 0.3 is 5.97 Å². The van der Waals surface area contributed by atoms with Crippen molar-refractivity contribution in [1.29, 1.82) is 0 Å². The average molecular weight is 729 g/mol. The summed E-state index contributed by atoms with van der Waals surface area (Å²) in [6.07, 6.45) is 6.70. The molecule has 0 radical (unpaired) electrons. The molecule has 1 aromatic heterocycles. The van der Waals surface area contributed by atoms with Crippen molar-refractivity contribution in [2.75, 3.05) is 5.32 Å². The van der Waals surface area contributed by atoms with Crippen LogP contribution in [-0.4, -0.2) is 52.7 Å². The van der Waals surface area contributed by atoms with E-state index in [0.29, 0.717) is 61.2 Å². The highest BCUT2D eigenvalue weighted by atomic mass is 32.2. The zero-order valence-electron chi connectivity index (χ0n) is 29.3. The number of nitrogens with zero attached hydrogens (tertiary/aromatic N) is 2. The van der Waals surface area contributed by atoms with Gasteiger partial charge in [0.05, 0.1) is 24.9 Å². The van der Waals surface area contributed by atoms with E-state index >= 15 is 0 Å². The van der Waals surface area contributed by atoms with E-state index in [0.717, 1.165) is 0 Å². The molecule has 0 aliphatic carbocycles. The van der Waals surface area contributed by atoms with Crippen molar-refractivity contribution in [3.63, 3.8) is 0 Å². The van der Waals surface area contributed by atoms with Crippen LogP contribution in [0.3, 0.4) is 0 Å². The number of unbranched alkanes of at least 4 members (excludes halogenated alkanes) is 2. The van der Waals surface area contributed by atoms with Crippen molar-refractivity contribution in [2.24, 2.45) is 7.05 Å². The Bertz CT molecular complexity index is 2290. The number of aromatic nitrogens is 2. The van der Waals surface area contributed by atoms with E-state index in [1.165, 1.54) is 0 Å². The lowest BCUT2D eigenvalue weighted by molar-refractivity contribution is -0.673. The first-order chi connectivity index (χ1) is 23.1. The first-order valence-electron chi connectivity index (χ1n) is 16.8. The fourth-order valence-corrected chi connectivity index (χ4v) is 9.78. The number of aryl methyl sites for hydroxylation is 2. The van der Waals surface area contributed by atoms with Gasteiger partial charge in [-0.15, -0.1) is 0 Å². The lowest BCUT2D eigenvalue weighted by Crippen LogP contribution is -2.91. The minimum Gasteiger partial charge on any atom is -0.744 e. The van der Waals surface area contributed by atoms with Crippen LogP contribution in [0, 0.1) is 0 Å². The number of carboxylic acids is 1. The Morgan fingerprint density at radius 2 is 1.66 bits per heavy atom. The lowest BCUT2D eigenvalue weighted by Gasteiger charge is -2.40. The van der Waals surface area contributed by atoms with Gasteiger partial charge in [0.1, 0.15) is 37.5 Å². The van der Waals surface area contributed by atoms with Crippen molar-refractivity contribution < 1.29 is 50.1 Å². The van der Waals surface area contributed by atoms with Gasteiger partial charge in [-0.2, -0.15) is 0 Å². The Morgan fingerprint density at radius 1 is 1.00 bits per heavy atom. The summed E-state index contributed by atoms with van der Waals surface area (Å²) >= 11 is 0. The number of anilines is 1. The predicted octanol–water partition coefficient (Wildman–Crippen LogP) is 1.80. The molecule has 15 heteroatoms. The number of carbonyl (C=O) groups is 1. The minimum atomic E-state index is -5.25. The third-order valence-corrected chi connectivity index (χ3v) is 11.8. The van der Waals surface area contributed by atoms with E-state index in [1.54, 1.807) is 13.2 Å². The van der Waals surface area contributed by atoms with Crippen molar-refractivity contribution in [1.82, 2.24) is 4.57 Å². The van der Waals surface area contributed by atoms with Crippen LogP contribution in [0.4, 0.5) is 5.69 Å². The fraction of sp³-hybridized carbons (Fsp3) is 0.514. The molecule has 6 rings (SSSR count). The molecular weight excluding hydrogens is 685 g/mol. The highest BCUT2D eigenvalue weighted by Gasteiger charge is 2.42. The molecule has 3 aromatic rings. The summed E-state index contributed by atoms with van der Waals surface area (Å²) in [5.74, 6) is -1.34. The number of aliphatic carboxylic acids is 1. The minimum absolute atomic E-state index is 0.0446. The number of imidazole rings is 1. The third-order valence-electron chi connectivity index (χ3n) is 9.99. The van der Waals surface area contributed by atoms with E-state index in [4.69, 9.17) is 9.84 Å². The molecule has 2 unspecified atom stereocenters. The highest BCUT2D eigenvalue weighted by molar-refractivity contribution is 7.86. The van der Waals surface area contributed by atoms with Gasteiger partial charge in [0.15, 0.2) is 21.9 Å². The maximum atomic E-state index is 13.3. The van der Waals surface area contributed by atoms with Gasteiger partial charge in [0, 0.05) is 34.7 Å². The second kappa shape index (κ2) is 12.2. The summed E-state index contributed by atoms with van der Waals surface area (Å²) in [7, 11) is -8.70. The lowest BCUT2D eigenvalue weighted by atomic mass is 9.80. The van der Waals surface area contributed by atoms with Gasteiger partial charge in [-0.05, 0) is 82.9 Å². The van der Waals surface area contributed by atoms with Crippen LogP contribution >= 0.6 is 0 Å². The number of fused-ring (bicyclic) bond motifs is 4. The number of benzene rings is 2. The molecule has 50 heavy (non-hydrogen) atoms. The number of carboxylic acid groups (broad SMARTS) is 1. The topological polar surface area (TPSA) is 196 Å². The summed E-state index contributed by atoms with van der Waals surface area (Å²) in [5, 5.41) is 12.7. The molecular formula is C35H44N4O9S2. The molecule has 4 heterocycles. The van der Waals surface area contributed by atoms with Crippen LogP contribution in [-0.2, 0) is 38.6 Å². The molecule has 3 aliphatic heterocycles. The quantitative estimate of drug-likeness (QED) is 0.130. The average Bonchev–Trinajstić information content (AvgIpc) is 3.30. The Kier molecular flexibility index (Phi) is 8.77. The van der Waals surface area contributed by atoms with Crippen LogP contribution in [0.25, 0.3) is 5.57 Å². The Balaban J connectivity index is 1.77. The molecule has 270 valence electrons. The first kappa shape index (κ1) is 36.0. The van der Waals surface area contributed by atoms with Crippen molar-refractivity contribution in [3.8, 4) is 11.5 Å². The highest BCUT2D eigenvalue weighted by Crippen LogP contribution is 2.51. The van der Waals surface area contributed by atoms with Gasteiger partial charge in [-0.25, -0.2) is 31.0 Å². The number of hydrogen-bond donors (Lipinski definition) is 3. The zero-order chi connectivity index (χ0) is 36.7. The standard InChI is InChI=1S/C35H44N4O9S2/c1-19-17-34(3,4)36-27-21(19)15-23-26(33-38(7)13-14-39(33)12-10-8-9-11-25(40)41)24-16-22-20(2)18-35(5,6)37-28(22)32(50(45,46)47)30(24)48-29(23)31(27)49(42,43)44/h13-16,19-20H,8-12,17-18H2,1-7H3,(H3-,36,37,40,41,42,43,44,45,46,47). The summed E-state index contributed by atoms with van der Waals surface area (Å²) in [4.78, 5) is 13.0. The second-order valence-electron chi connectivity index (χ2n) is 15.3. The molecule has 0 bridgehead atoms. The smallest absolute Gasteiger partial charge is 0.303 e. The monoisotopic (exact) mass is 728 g/mol. The van der Waals surface area contributed by atoms with E-state index < -0.39 is 47.1 Å². The molecule has 2 aromatic carbocycles. The molecule has 2 atom stereocenters. The van der Waals surface area contributed by atoms with E-state index in [-0.39, 0.29) is 51.6 Å². The van der Waals surface area contributed by atoms with Crippen molar-refractivity contribution >= 4 is 37.5 Å². The van der Waals surface area contributed by atoms with Crippen LogP contribution in [0.2, 0.25) is 0 Å². The van der Waals surface area contributed by atoms with E-state index in [9.17, 15) is 30.7 Å². The molecule has 13 nitrogen and oxygen atoms in total. The number of hydrogen-bond acceptors (Lipinski definition) is 9. The van der Waals surface area contributed by atoms with Crippen LogP contribution in [0.15, 0.2) is 34.3 Å². The Morgan fingerprint density at radius 3 is 2.30 bits per heavy atom.